The second-order valence-corrected chi connectivity index (χ2v) is 9.36. The molecule has 1 aliphatic rings. The molecule has 3 rings (SSSR count). The Bertz CT molecular complexity index is 1020. The molecule has 0 spiro atoms. The van der Waals surface area contributed by atoms with E-state index in [2.05, 4.69) is 31.4 Å². The number of hydrogen-bond acceptors (Lipinski definition) is 7. The van der Waals surface area contributed by atoms with Crippen LogP contribution in [-0.2, 0) is 24.5 Å². The van der Waals surface area contributed by atoms with Crippen molar-refractivity contribution >= 4 is 29.3 Å². The van der Waals surface area contributed by atoms with Crippen LogP contribution in [0.25, 0.3) is 0 Å². The van der Waals surface area contributed by atoms with Gasteiger partial charge in [0.15, 0.2) is 6.61 Å². The second kappa shape index (κ2) is 10.5. The molecule has 2 N–H and O–H groups in total. The molecule has 2 aromatic rings. The van der Waals surface area contributed by atoms with Crippen LogP contribution in [0.15, 0.2) is 53.0 Å². The van der Waals surface area contributed by atoms with Gasteiger partial charge in [0.2, 0.25) is 0 Å². The van der Waals surface area contributed by atoms with E-state index < -0.39 is 24.0 Å². The maximum Gasteiger partial charge on any atom is 0.344 e. The smallest absolute Gasteiger partial charge is 0.344 e. The molecule has 2 amide bonds. The van der Waals surface area contributed by atoms with Crippen molar-refractivity contribution in [1.82, 2.24) is 10.6 Å². The predicted molar refractivity (Wildman–Crippen MR) is 124 cm³/mol. The summed E-state index contributed by atoms with van der Waals surface area (Å²) in [6.07, 6.45) is 0. The molecule has 0 saturated heterocycles. The summed E-state index contributed by atoms with van der Waals surface area (Å²) < 4.78 is 16.0. The van der Waals surface area contributed by atoms with Gasteiger partial charge in [0.1, 0.15) is 12.4 Å². The summed E-state index contributed by atoms with van der Waals surface area (Å²) in [4.78, 5) is 37.9. The molecular formula is C24H28N2O6S. The quantitative estimate of drug-likeness (QED) is 0.566. The molecule has 0 radical (unpaired) electrons. The summed E-state index contributed by atoms with van der Waals surface area (Å²) in [6, 6.07) is 9.94. The van der Waals surface area contributed by atoms with E-state index >= 15 is 0 Å². The maximum absolute atomic E-state index is 12.6. The Labute approximate surface area is 196 Å². The fourth-order valence-corrected chi connectivity index (χ4v) is 4.02. The molecule has 176 valence electrons. The van der Waals surface area contributed by atoms with E-state index in [1.807, 2.05) is 29.6 Å². The molecular weight excluding hydrogens is 444 g/mol. The molecule has 1 unspecified atom stereocenters. The highest BCUT2D eigenvalue weighted by atomic mass is 32.1. The predicted octanol–water partition coefficient (Wildman–Crippen LogP) is 3.84. The Morgan fingerprint density at radius 1 is 1.09 bits per heavy atom. The Kier molecular flexibility index (Phi) is 7.75. The normalized spacial score (nSPS) is 16.0. The SMILES string of the molecule is CCOC(=O)C1=C(COC(=O)COc2ccc(C(C)(C)C)cc2)NC(=O)NC1c1cccs1. The van der Waals surface area contributed by atoms with E-state index in [4.69, 9.17) is 14.2 Å². The standard InChI is InChI=1S/C24H28N2O6S/c1-5-30-22(28)20-17(25-23(29)26-21(20)18-7-6-12-33-18)13-32-19(27)14-31-16-10-8-15(9-11-16)24(2,3)4/h6-12,21H,5,13-14H2,1-4H3,(H2,25,26,29). The lowest BCUT2D eigenvalue weighted by Crippen LogP contribution is -2.47. The Hall–Kier alpha value is -3.33. The van der Waals surface area contributed by atoms with Gasteiger partial charge in [-0.25, -0.2) is 14.4 Å². The third kappa shape index (κ3) is 6.35. The van der Waals surface area contributed by atoms with Crippen LogP contribution < -0.4 is 15.4 Å². The minimum absolute atomic E-state index is 0.0159. The first-order valence-electron chi connectivity index (χ1n) is 10.6. The van der Waals surface area contributed by atoms with E-state index in [9.17, 15) is 14.4 Å². The third-order valence-corrected chi connectivity index (χ3v) is 5.87. The highest BCUT2D eigenvalue weighted by Gasteiger charge is 2.34. The van der Waals surface area contributed by atoms with E-state index in [-0.39, 0.29) is 36.5 Å². The van der Waals surface area contributed by atoms with Crippen LogP contribution >= 0.6 is 11.3 Å². The molecule has 1 atom stereocenters. The van der Waals surface area contributed by atoms with Crippen molar-refractivity contribution < 1.29 is 28.6 Å². The molecule has 0 saturated carbocycles. The van der Waals surface area contributed by atoms with Crippen LogP contribution in [0.3, 0.4) is 0 Å². The average Bonchev–Trinajstić information content (AvgIpc) is 3.30. The lowest BCUT2D eigenvalue weighted by atomic mass is 9.87. The van der Waals surface area contributed by atoms with Gasteiger partial charge in [-0.15, -0.1) is 11.3 Å². The largest absolute Gasteiger partial charge is 0.482 e. The topological polar surface area (TPSA) is 103 Å². The van der Waals surface area contributed by atoms with E-state index in [0.29, 0.717) is 5.75 Å². The van der Waals surface area contributed by atoms with Gasteiger partial charge in [-0.2, -0.15) is 0 Å². The molecule has 0 bridgehead atoms. The zero-order chi connectivity index (χ0) is 24.0. The van der Waals surface area contributed by atoms with Gasteiger partial charge in [0.25, 0.3) is 0 Å². The fourth-order valence-electron chi connectivity index (χ4n) is 3.24. The first-order chi connectivity index (χ1) is 15.7. The number of rotatable bonds is 8. The molecule has 1 aliphatic heterocycles. The second-order valence-electron chi connectivity index (χ2n) is 8.38. The Morgan fingerprint density at radius 2 is 1.82 bits per heavy atom. The molecule has 33 heavy (non-hydrogen) atoms. The zero-order valence-corrected chi connectivity index (χ0v) is 19.9. The van der Waals surface area contributed by atoms with Crippen molar-refractivity contribution in [2.75, 3.05) is 19.8 Å². The van der Waals surface area contributed by atoms with Crippen LogP contribution in [0.1, 0.15) is 44.2 Å². The Morgan fingerprint density at radius 3 is 2.42 bits per heavy atom. The third-order valence-electron chi connectivity index (χ3n) is 4.93. The molecule has 1 aromatic heterocycles. The van der Waals surface area contributed by atoms with E-state index in [0.717, 1.165) is 10.4 Å². The summed E-state index contributed by atoms with van der Waals surface area (Å²) in [5.74, 6) is -0.685. The van der Waals surface area contributed by atoms with E-state index in [1.165, 1.54) is 11.3 Å². The lowest BCUT2D eigenvalue weighted by Gasteiger charge is -2.28. The van der Waals surface area contributed by atoms with Gasteiger partial charge in [0, 0.05) is 4.88 Å². The minimum Gasteiger partial charge on any atom is -0.482 e. The van der Waals surface area contributed by atoms with Gasteiger partial charge in [-0.1, -0.05) is 39.0 Å². The summed E-state index contributed by atoms with van der Waals surface area (Å²) in [5, 5.41) is 7.13. The number of esters is 2. The molecule has 9 heteroatoms. The number of amides is 2. The number of hydrogen-bond donors (Lipinski definition) is 2. The van der Waals surface area contributed by atoms with Crippen molar-refractivity contribution in [3.63, 3.8) is 0 Å². The minimum atomic E-state index is -0.691. The summed E-state index contributed by atoms with van der Waals surface area (Å²) in [5.41, 5.74) is 1.55. The summed E-state index contributed by atoms with van der Waals surface area (Å²) in [7, 11) is 0. The van der Waals surface area contributed by atoms with Gasteiger partial charge < -0.3 is 24.8 Å². The van der Waals surface area contributed by atoms with Gasteiger partial charge in [-0.3, -0.25) is 0 Å². The average molecular weight is 473 g/mol. The molecule has 8 nitrogen and oxygen atoms in total. The molecule has 1 aromatic carbocycles. The van der Waals surface area contributed by atoms with Crippen LogP contribution in [-0.4, -0.2) is 37.8 Å². The van der Waals surface area contributed by atoms with Crippen LogP contribution in [0, 0.1) is 0 Å². The first kappa shape index (κ1) is 24.3. The fraction of sp³-hybridized carbons (Fsp3) is 0.375. The number of urea groups is 1. The number of benzene rings is 1. The van der Waals surface area contributed by atoms with Crippen molar-refractivity contribution in [1.29, 1.82) is 0 Å². The van der Waals surface area contributed by atoms with Gasteiger partial charge >= 0.3 is 18.0 Å². The summed E-state index contributed by atoms with van der Waals surface area (Å²) >= 11 is 1.39. The highest BCUT2D eigenvalue weighted by molar-refractivity contribution is 7.10. The molecule has 2 heterocycles. The highest BCUT2D eigenvalue weighted by Crippen LogP contribution is 2.30. The Balaban J connectivity index is 1.67. The van der Waals surface area contributed by atoms with E-state index in [1.54, 1.807) is 19.1 Å². The maximum atomic E-state index is 12.6. The molecule has 0 fully saturated rings. The van der Waals surface area contributed by atoms with Gasteiger partial charge in [-0.05, 0) is 41.5 Å². The van der Waals surface area contributed by atoms with Crippen molar-refractivity contribution in [3.05, 3.63) is 63.5 Å². The monoisotopic (exact) mass is 472 g/mol. The number of carbonyl (C=O) groups excluding carboxylic acids is 3. The number of carbonyl (C=O) groups is 3. The van der Waals surface area contributed by atoms with Crippen molar-refractivity contribution in [3.8, 4) is 5.75 Å². The van der Waals surface area contributed by atoms with Crippen LogP contribution in [0.5, 0.6) is 5.75 Å². The lowest BCUT2D eigenvalue weighted by molar-refractivity contribution is -0.145. The van der Waals surface area contributed by atoms with Crippen molar-refractivity contribution in [2.24, 2.45) is 0 Å². The number of ether oxygens (including phenoxy) is 3. The summed E-state index contributed by atoms with van der Waals surface area (Å²) in [6.45, 7) is 7.60. The van der Waals surface area contributed by atoms with Crippen molar-refractivity contribution in [2.45, 2.75) is 39.2 Å². The molecule has 0 aliphatic carbocycles. The zero-order valence-electron chi connectivity index (χ0n) is 19.1. The van der Waals surface area contributed by atoms with Crippen LogP contribution in [0.2, 0.25) is 0 Å². The number of nitrogens with one attached hydrogen (secondary N) is 2. The first-order valence-corrected chi connectivity index (χ1v) is 11.5. The van der Waals surface area contributed by atoms with Gasteiger partial charge in [0.05, 0.1) is 23.9 Å². The van der Waals surface area contributed by atoms with Crippen LogP contribution in [0.4, 0.5) is 4.79 Å². The number of thiophene rings is 1.